The first-order chi connectivity index (χ1) is 9.57. The van der Waals surface area contributed by atoms with Gasteiger partial charge in [-0.15, -0.1) is 0 Å². The van der Waals surface area contributed by atoms with Crippen molar-refractivity contribution < 1.29 is 17.9 Å². The van der Waals surface area contributed by atoms with Gasteiger partial charge in [-0.2, -0.15) is 4.31 Å². The normalized spacial score (nSPS) is 20.8. The van der Waals surface area contributed by atoms with Gasteiger partial charge in [-0.1, -0.05) is 0 Å². The Morgan fingerprint density at radius 1 is 1.30 bits per heavy atom. The van der Waals surface area contributed by atoms with E-state index in [9.17, 15) is 8.42 Å². The molecule has 5 nitrogen and oxygen atoms in total. The van der Waals surface area contributed by atoms with Crippen LogP contribution in [0.2, 0.25) is 0 Å². The van der Waals surface area contributed by atoms with Crippen molar-refractivity contribution in [2.45, 2.75) is 30.8 Å². The first kappa shape index (κ1) is 15.3. The van der Waals surface area contributed by atoms with Gasteiger partial charge in [0.25, 0.3) is 0 Å². The molecule has 0 bridgehead atoms. The quantitative estimate of drug-likeness (QED) is 0.833. The highest BCUT2D eigenvalue weighted by Crippen LogP contribution is 2.23. The average Bonchev–Trinajstić information content (AvgIpc) is 2.48. The number of piperidine rings is 1. The molecule has 0 saturated carbocycles. The van der Waals surface area contributed by atoms with Crippen molar-refractivity contribution in [2.75, 3.05) is 26.8 Å². The van der Waals surface area contributed by atoms with Crippen LogP contribution in [0.15, 0.2) is 29.2 Å². The molecule has 6 heteroatoms. The Labute approximate surface area is 120 Å². The van der Waals surface area contributed by atoms with E-state index < -0.39 is 10.0 Å². The van der Waals surface area contributed by atoms with Gasteiger partial charge in [0.1, 0.15) is 5.75 Å². The number of hydrogen-bond donors (Lipinski definition) is 0. The Morgan fingerprint density at radius 3 is 2.60 bits per heavy atom. The smallest absolute Gasteiger partial charge is 0.243 e. The number of ether oxygens (including phenoxy) is 2. The van der Waals surface area contributed by atoms with Crippen LogP contribution in [0, 0.1) is 0 Å². The Balaban J connectivity index is 2.16. The van der Waals surface area contributed by atoms with Crippen LogP contribution < -0.4 is 4.74 Å². The summed E-state index contributed by atoms with van der Waals surface area (Å²) in [5.74, 6) is 0.648. The Bertz CT molecular complexity index is 525. The zero-order valence-electron chi connectivity index (χ0n) is 11.9. The second-order valence-electron chi connectivity index (χ2n) is 4.76. The summed E-state index contributed by atoms with van der Waals surface area (Å²) in [6.07, 6.45) is 1.75. The van der Waals surface area contributed by atoms with Crippen molar-refractivity contribution >= 4 is 10.0 Å². The van der Waals surface area contributed by atoms with Crippen LogP contribution in [0.5, 0.6) is 5.75 Å². The maximum Gasteiger partial charge on any atom is 0.243 e. The second kappa shape index (κ2) is 6.56. The van der Waals surface area contributed by atoms with Crippen LogP contribution in [-0.2, 0) is 14.8 Å². The third-order valence-electron chi connectivity index (χ3n) is 3.44. The number of benzene rings is 1. The second-order valence-corrected chi connectivity index (χ2v) is 6.70. The lowest BCUT2D eigenvalue weighted by atomic mass is 10.1. The van der Waals surface area contributed by atoms with Crippen LogP contribution in [0.3, 0.4) is 0 Å². The summed E-state index contributed by atoms with van der Waals surface area (Å²) >= 11 is 0. The first-order valence-corrected chi connectivity index (χ1v) is 8.27. The predicted molar refractivity (Wildman–Crippen MR) is 76.4 cm³/mol. The minimum Gasteiger partial charge on any atom is -0.497 e. The summed E-state index contributed by atoms with van der Waals surface area (Å²) in [4.78, 5) is 0.301. The summed E-state index contributed by atoms with van der Waals surface area (Å²) in [6.45, 7) is 3.53. The van der Waals surface area contributed by atoms with Crippen LogP contribution in [0.25, 0.3) is 0 Å². The first-order valence-electron chi connectivity index (χ1n) is 6.83. The van der Waals surface area contributed by atoms with Crippen LogP contribution in [-0.4, -0.2) is 45.6 Å². The van der Waals surface area contributed by atoms with Crippen LogP contribution in [0.1, 0.15) is 19.8 Å². The Hall–Kier alpha value is -1.11. The molecule has 0 aromatic heterocycles. The summed E-state index contributed by atoms with van der Waals surface area (Å²) in [6, 6.07) is 6.49. The van der Waals surface area contributed by atoms with E-state index in [1.165, 1.54) is 4.31 Å². The molecule has 1 aromatic carbocycles. The molecule has 1 aromatic rings. The number of nitrogens with zero attached hydrogens (tertiary/aromatic N) is 1. The molecule has 1 unspecified atom stereocenters. The van der Waals surface area contributed by atoms with Gasteiger partial charge in [-0.05, 0) is 44.0 Å². The van der Waals surface area contributed by atoms with Crippen LogP contribution in [0.4, 0.5) is 0 Å². The maximum absolute atomic E-state index is 12.6. The molecule has 1 aliphatic heterocycles. The zero-order chi connectivity index (χ0) is 14.6. The monoisotopic (exact) mass is 299 g/mol. The van der Waals surface area contributed by atoms with Crippen molar-refractivity contribution in [3.8, 4) is 5.75 Å². The third-order valence-corrected chi connectivity index (χ3v) is 5.32. The molecule has 0 spiro atoms. The fourth-order valence-corrected chi connectivity index (χ4v) is 3.90. The zero-order valence-corrected chi connectivity index (χ0v) is 12.7. The highest BCUT2D eigenvalue weighted by atomic mass is 32.2. The molecule has 1 heterocycles. The lowest BCUT2D eigenvalue weighted by molar-refractivity contribution is 0.0265. The van der Waals surface area contributed by atoms with Gasteiger partial charge in [0.05, 0.1) is 18.1 Å². The lowest BCUT2D eigenvalue weighted by Gasteiger charge is -2.31. The van der Waals surface area contributed by atoms with E-state index >= 15 is 0 Å². The van der Waals surface area contributed by atoms with Gasteiger partial charge >= 0.3 is 0 Å². The van der Waals surface area contributed by atoms with Gasteiger partial charge < -0.3 is 9.47 Å². The molecule has 1 atom stereocenters. The van der Waals surface area contributed by atoms with Gasteiger partial charge in [0.15, 0.2) is 0 Å². The molecule has 0 amide bonds. The molecule has 2 rings (SSSR count). The van der Waals surface area contributed by atoms with E-state index in [2.05, 4.69) is 0 Å². The van der Waals surface area contributed by atoms with Crippen molar-refractivity contribution in [3.63, 3.8) is 0 Å². The highest BCUT2D eigenvalue weighted by molar-refractivity contribution is 7.89. The van der Waals surface area contributed by atoms with E-state index in [0.717, 1.165) is 12.8 Å². The van der Waals surface area contributed by atoms with Crippen molar-refractivity contribution in [2.24, 2.45) is 0 Å². The summed E-state index contributed by atoms with van der Waals surface area (Å²) in [5, 5.41) is 0. The molecule has 112 valence electrons. The van der Waals surface area contributed by atoms with Crippen LogP contribution >= 0.6 is 0 Å². The summed E-state index contributed by atoms with van der Waals surface area (Å²) < 4.78 is 37.2. The van der Waals surface area contributed by atoms with Gasteiger partial charge in [0.2, 0.25) is 10.0 Å². The van der Waals surface area contributed by atoms with E-state index in [0.29, 0.717) is 30.3 Å². The molecular formula is C14H21NO4S. The van der Waals surface area contributed by atoms with E-state index in [4.69, 9.17) is 9.47 Å². The SMILES string of the molecule is CCOC1CCCN(S(=O)(=O)c2ccc(OC)cc2)C1. The summed E-state index contributed by atoms with van der Waals surface area (Å²) in [5.41, 5.74) is 0. The molecular weight excluding hydrogens is 278 g/mol. The third kappa shape index (κ3) is 3.31. The topological polar surface area (TPSA) is 55.8 Å². The number of methoxy groups -OCH3 is 1. The van der Waals surface area contributed by atoms with Crippen molar-refractivity contribution in [1.29, 1.82) is 0 Å². The molecule has 1 saturated heterocycles. The molecule has 1 aliphatic rings. The van der Waals surface area contributed by atoms with E-state index in [1.54, 1.807) is 31.4 Å². The standard InChI is InChI=1S/C14H21NO4S/c1-3-19-13-5-4-10-15(11-13)20(16,17)14-8-6-12(18-2)7-9-14/h6-9,13H,3-5,10-11H2,1-2H3. The number of hydrogen-bond acceptors (Lipinski definition) is 4. The fourth-order valence-electron chi connectivity index (χ4n) is 2.39. The fraction of sp³-hybridized carbons (Fsp3) is 0.571. The van der Waals surface area contributed by atoms with E-state index in [-0.39, 0.29) is 6.10 Å². The maximum atomic E-state index is 12.6. The predicted octanol–water partition coefficient (Wildman–Crippen LogP) is 1.88. The van der Waals surface area contributed by atoms with Crippen molar-refractivity contribution in [1.82, 2.24) is 4.31 Å². The molecule has 1 fully saturated rings. The average molecular weight is 299 g/mol. The Kier molecular flexibility index (Phi) is 5.01. The van der Waals surface area contributed by atoms with Crippen molar-refractivity contribution in [3.05, 3.63) is 24.3 Å². The highest BCUT2D eigenvalue weighted by Gasteiger charge is 2.30. The number of sulfonamides is 1. The number of rotatable bonds is 5. The minimum atomic E-state index is -3.44. The summed E-state index contributed by atoms with van der Waals surface area (Å²) in [7, 11) is -1.88. The molecule has 0 N–H and O–H groups in total. The largest absolute Gasteiger partial charge is 0.497 e. The molecule has 20 heavy (non-hydrogen) atoms. The minimum absolute atomic E-state index is 0.00164. The van der Waals surface area contributed by atoms with Gasteiger partial charge in [-0.3, -0.25) is 0 Å². The van der Waals surface area contributed by atoms with Gasteiger partial charge in [0, 0.05) is 19.7 Å². The molecule has 0 aliphatic carbocycles. The lowest BCUT2D eigenvalue weighted by Crippen LogP contribution is -2.43. The Morgan fingerprint density at radius 2 is 2.00 bits per heavy atom. The van der Waals surface area contributed by atoms with Gasteiger partial charge in [-0.25, -0.2) is 8.42 Å². The van der Waals surface area contributed by atoms with E-state index in [1.807, 2.05) is 6.92 Å². The molecule has 0 radical (unpaired) electrons.